The van der Waals surface area contributed by atoms with Crippen molar-refractivity contribution in [3.8, 4) is 22.6 Å². The fourth-order valence-corrected chi connectivity index (χ4v) is 4.77. The number of hydrogen-bond acceptors (Lipinski definition) is 4. The number of pyridine rings is 1. The second-order valence-corrected chi connectivity index (χ2v) is 10.3. The van der Waals surface area contributed by atoms with E-state index in [1.807, 2.05) is 0 Å². The van der Waals surface area contributed by atoms with Crippen molar-refractivity contribution >= 4 is 32.3 Å². The molecule has 0 radical (unpaired) electrons. The number of hydrogen-bond donors (Lipinski definition) is 0. The maximum absolute atomic E-state index is 13.6. The third kappa shape index (κ3) is 4.74. The summed E-state index contributed by atoms with van der Waals surface area (Å²) in [4.78, 5) is 4.27. The van der Waals surface area contributed by atoms with Crippen LogP contribution in [-0.2, 0) is 16.0 Å². The average molecular weight is 506 g/mol. The molecule has 1 heterocycles. The van der Waals surface area contributed by atoms with Crippen LogP contribution in [-0.4, -0.2) is 19.2 Å². The SMILES string of the molecule is CCS(=O)(=O)c1cccc(Oc2ccc(Cl)c(-c3cc(C)nc4c(C(F)(F)F)cccc34)c2)c1. The van der Waals surface area contributed by atoms with Crippen LogP contribution in [0.2, 0.25) is 5.02 Å². The largest absolute Gasteiger partial charge is 0.457 e. The van der Waals surface area contributed by atoms with E-state index in [1.165, 1.54) is 18.2 Å². The fraction of sp³-hybridized carbons (Fsp3) is 0.160. The van der Waals surface area contributed by atoms with Crippen molar-refractivity contribution in [3.05, 3.63) is 83.0 Å². The Hall–Kier alpha value is -3.10. The Morgan fingerprint density at radius 3 is 2.35 bits per heavy atom. The van der Waals surface area contributed by atoms with Gasteiger partial charge in [0.25, 0.3) is 0 Å². The Kier molecular flexibility index (Phi) is 6.31. The van der Waals surface area contributed by atoms with Crippen molar-refractivity contribution in [1.29, 1.82) is 0 Å². The number of halogens is 4. The van der Waals surface area contributed by atoms with E-state index in [2.05, 4.69) is 4.98 Å². The third-order valence-corrected chi connectivity index (χ3v) is 7.34. The van der Waals surface area contributed by atoms with Crippen molar-refractivity contribution in [2.45, 2.75) is 24.9 Å². The summed E-state index contributed by atoms with van der Waals surface area (Å²) in [6.45, 7) is 3.17. The van der Waals surface area contributed by atoms with E-state index in [0.29, 0.717) is 38.7 Å². The number of sulfone groups is 1. The van der Waals surface area contributed by atoms with Crippen LogP contribution >= 0.6 is 11.6 Å². The molecule has 0 atom stereocenters. The molecule has 0 fully saturated rings. The van der Waals surface area contributed by atoms with Crippen LogP contribution in [0.15, 0.2) is 71.6 Å². The van der Waals surface area contributed by atoms with Gasteiger partial charge in [0, 0.05) is 21.7 Å². The van der Waals surface area contributed by atoms with E-state index in [4.69, 9.17) is 16.3 Å². The highest BCUT2D eigenvalue weighted by molar-refractivity contribution is 7.91. The van der Waals surface area contributed by atoms with Crippen LogP contribution in [0, 0.1) is 6.92 Å². The Morgan fingerprint density at radius 1 is 0.941 bits per heavy atom. The second kappa shape index (κ2) is 8.92. The van der Waals surface area contributed by atoms with Crippen molar-refractivity contribution in [1.82, 2.24) is 4.98 Å². The van der Waals surface area contributed by atoms with Gasteiger partial charge >= 0.3 is 6.18 Å². The fourth-order valence-electron chi connectivity index (χ4n) is 3.64. The Labute approximate surface area is 199 Å². The summed E-state index contributed by atoms with van der Waals surface area (Å²) < 4.78 is 71.0. The van der Waals surface area contributed by atoms with Crippen molar-refractivity contribution < 1.29 is 26.3 Å². The van der Waals surface area contributed by atoms with Crippen LogP contribution in [0.25, 0.3) is 22.0 Å². The molecule has 0 aliphatic rings. The lowest BCUT2D eigenvalue weighted by Gasteiger charge is -2.15. The molecule has 0 bridgehead atoms. The Bertz CT molecular complexity index is 1500. The molecule has 0 saturated heterocycles. The minimum atomic E-state index is -4.56. The minimum Gasteiger partial charge on any atom is -0.457 e. The molecule has 9 heteroatoms. The second-order valence-electron chi connectivity index (χ2n) is 7.63. The zero-order chi connectivity index (χ0) is 24.7. The lowest BCUT2D eigenvalue weighted by Crippen LogP contribution is -2.07. The maximum Gasteiger partial charge on any atom is 0.418 e. The van der Waals surface area contributed by atoms with E-state index in [9.17, 15) is 21.6 Å². The number of aryl methyl sites for hydroxylation is 1. The number of fused-ring (bicyclic) bond motifs is 1. The molecule has 4 nitrogen and oxygen atoms in total. The summed E-state index contributed by atoms with van der Waals surface area (Å²) >= 11 is 6.44. The monoisotopic (exact) mass is 505 g/mol. The van der Waals surface area contributed by atoms with Gasteiger partial charge in [-0.1, -0.05) is 36.7 Å². The number of benzene rings is 3. The van der Waals surface area contributed by atoms with Crippen molar-refractivity contribution in [3.63, 3.8) is 0 Å². The summed E-state index contributed by atoms with van der Waals surface area (Å²) in [6.07, 6.45) is -4.56. The lowest BCUT2D eigenvalue weighted by molar-refractivity contribution is -0.136. The van der Waals surface area contributed by atoms with Crippen LogP contribution in [0.5, 0.6) is 11.5 Å². The first kappa shape index (κ1) is 24.0. The van der Waals surface area contributed by atoms with Gasteiger partial charge in [-0.05, 0) is 61.0 Å². The summed E-state index contributed by atoms with van der Waals surface area (Å²) in [5, 5.41) is 0.620. The molecular formula is C25H19ClF3NO3S. The molecule has 0 amide bonds. The van der Waals surface area contributed by atoms with Gasteiger partial charge in [-0.25, -0.2) is 8.42 Å². The number of para-hydroxylation sites is 1. The van der Waals surface area contributed by atoms with Gasteiger partial charge in [-0.2, -0.15) is 13.2 Å². The van der Waals surface area contributed by atoms with E-state index in [0.717, 1.165) is 6.07 Å². The van der Waals surface area contributed by atoms with Crippen molar-refractivity contribution in [2.24, 2.45) is 0 Å². The number of aromatic nitrogens is 1. The Balaban J connectivity index is 1.82. The van der Waals surface area contributed by atoms with Gasteiger partial charge in [-0.3, -0.25) is 4.98 Å². The molecule has 0 saturated carbocycles. The average Bonchev–Trinajstić information content (AvgIpc) is 2.79. The van der Waals surface area contributed by atoms with Crippen LogP contribution < -0.4 is 4.74 Å². The topological polar surface area (TPSA) is 56.3 Å². The first-order chi connectivity index (χ1) is 16.0. The summed E-state index contributed by atoms with van der Waals surface area (Å²) in [6, 6.07) is 16.5. The molecule has 1 aromatic heterocycles. The molecular weight excluding hydrogens is 487 g/mol. The smallest absolute Gasteiger partial charge is 0.418 e. The van der Waals surface area contributed by atoms with Gasteiger partial charge in [-0.15, -0.1) is 0 Å². The maximum atomic E-state index is 13.6. The molecule has 4 rings (SSSR count). The number of ether oxygens (including phenoxy) is 1. The van der Waals surface area contributed by atoms with Gasteiger partial charge < -0.3 is 4.74 Å². The molecule has 3 aromatic carbocycles. The first-order valence-electron chi connectivity index (χ1n) is 10.3. The summed E-state index contributed by atoms with van der Waals surface area (Å²) in [7, 11) is -3.42. The standard InChI is InChI=1S/C25H19ClF3NO3S/c1-3-34(31,32)18-7-4-6-16(13-18)33-17-10-11-23(26)21(14-17)20-12-15(2)30-24-19(20)8-5-9-22(24)25(27,28)29/h4-14H,3H2,1-2H3. The molecule has 0 aliphatic heterocycles. The molecule has 0 N–H and O–H groups in total. The van der Waals surface area contributed by atoms with Crippen LogP contribution in [0.1, 0.15) is 18.2 Å². The van der Waals surface area contributed by atoms with Gasteiger partial charge in [0.05, 0.1) is 21.7 Å². The Morgan fingerprint density at radius 2 is 1.65 bits per heavy atom. The zero-order valence-electron chi connectivity index (χ0n) is 18.2. The van der Waals surface area contributed by atoms with Gasteiger partial charge in [0.1, 0.15) is 11.5 Å². The molecule has 0 unspecified atom stereocenters. The number of rotatable bonds is 5. The number of nitrogens with zero attached hydrogens (tertiary/aromatic N) is 1. The molecule has 176 valence electrons. The highest BCUT2D eigenvalue weighted by Crippen LogP contribution is 2.40. The normalized spacial score (nSPS) is 12.2. The van der Waals surface area contributed by atoms with Crippen LogP contribution in [0.3, 0.4) is 0 Å². The molecule has 4 aromatic rings. The lowest BCUT2D eigenvalue weighted by atomic mass is 9.97. The molecule has 34 heavy (non-hydrogen) atoms. The summed E-state index contributed by atoms with van der Waals surface area (Å²) in [5.74, 6) is 0.605. The van der Waals surface area contributed by atoms with Gasteiger partial charge in [0.2, 0.25) is 0 Å². The molecule has 0 spiro atoms. The quantitative estimate of drug-likeness (QED) is 0.282. The highest BCUT2D eigenvalue weighted by atomic mass is 35.5. The van der Waals surface area contributed by atoms with Crippen LogP contribution in [0.4, 0.5) is 13.2 Å². The van der Waals surface area contributed by atoms with E-state index in [1.54, 1.807) is 56.3 Å². The van der Waals surface area contributed by atoms with Crippen molar-refractivity contribution in [2.75, 3.05) is 5.75 Å². The number of alkyl halides is 3. The van der Waals surface area contributed by atoms with E-state index in [-0.39, 0.29) is 16.2 Å². The third-order valence-electron chi connectivity index (χ3n) is 5.28. The van der Waals surface area contributed by atoms with E-state index >= 15 is 0 Å². The van der Waals surface area contributed by atoms with Gasteiger partial charge in [0.15, 0.2) is 9.84 Å². The predicted octanol–water partition coefficient (Wildman–Crippen LogP) is 7.47. The predicted molar refractivity (Wildman–Crippen MR) is 126 cm³/mol. The zero-order valence-corrected chi connectivity index (χ0v) is 19.7. The highest BCUT2D eigenvalue weighted by Gasteiger charge is 2.33. The first-order valence-corrected chi connectivity index (χ1v) is 12.3. The van der Waals surface area contributed by atoms with E-state index < -0.39 is 21.6 Å². The summed E-state index contributed by atoms with van der Waals surface area (Å²) in [5.41, 5.74) is 0.356. The minimum absolute atomic E-state index is 0.0457. The molecule has 0 aliphatic carbocycles.